The van der Waals surface area contributed by atoms with Gasteiger partial charge in [0.2, 0.25) is 5.91 Å². The summed E-state index contributed by atoms with van der Waals surface area (Å²) in [6, 6.07) is 13.0. The first-order valence-electron chi connectivity index (χ1n) is 10.1. The maximum Gasteiger partial charge on any atom is 0.223 e. The van der Waals surface area contributed by atoms with Crippen molar-refractivity contribution < 1.29 is 9.53 Å². The third-order valence-corrected chi connectivity index (χ3v) is 6.71. The Kier molecular flexibility index (Phi) is 5.87. The van der Waals surface area contributed by atoms with Crippen molar-refractivity contribution in [3.8, 4) is 5.75 Å². The molecule has 0 bridgehead atoms. The number of thiophene rings is 1. The van der Waals surface area contributed by atoms with Crippen LogP contribution >= 0.6 is 11.3 Å². The Morgan fingerprint density at radius 1 is 1.14 bits per heavy atom. The number of nitrogens with zero attached hydrogens (tertiary/aromatic N) is 2. The number of carbonyl (C=O) groups excluding carboxylic acids is 1. The molecule has 2 aliphatic rings. The quantitative estimate of drug-likeness (QED) is 0.774. The molecule has 1 amide bonds. The van der Waals surface area contributed by atoms with Gasteiger partial charge >= 0.3 is 0 Å². The first kappa shape index (κ1) is 19.3. The van der Waals surface area contributed by atoms with E-state index in [-0.39, 0.29) is 23.9 Å². The van der Waals surface area contributed by atoms with Crippen LogP contribution in [0.2, 0.25) is 0 Å². The van der Waals surface area contributed by atoms with Crippen molar-refractivity contribution in [2.75, 3.05) is 38.2 Å². The molecule has 2 heterocycles. The molecule has 2 atom stereocenters. The summed E-state index contributed by atoms with van der Waals surface area (Å²) >= 11 is 1.78. The van der Waals surface area contributed by atoms with Crippen LogP contribution in [0.15, 0.2) is 41.8 Å². The monoisotopic (exact) mass is 399 g/mol. The van der Waals surface area contributed by atoms with E-state index in [1.54, 1.807) is 18.4 Å². The van der Waals surface area contributed by atoms with Crippen LogP contribution in [0, 0.1) is 5.92 Å². The molecule has 5 nitrogen and oxygen atoms in total. The SMILES string of the molecule is COc1ccc(N2CCN([C@H](c3cccs3)[C@@H](C)NC(=O)C3CC3)CC2)cc1. The lowest BCUT2D eigenvalue weighted by atomic mass is 10.0. The summed E-state index contributed by atoms with van der Waals surface area (Å²) in [7, 11) is 1.70. The molecular weight excluding hydrogens is 370 g/mol. The van der Waals surface area contributed by atoms with Gasteiger partial charge in [-0.25, -0.2) is 0 Å². The van der Waals surface area contributed by atoms with E-state index in [9.17, 15) is 4.79 Å². The molecule has 150 valence electrons. The number of amides is 1. The zero-order chi connectivity index (χ0) is 19.5. The van der Waals surface area contributed by atoms with Gasteiger partial charge in [-0.3, -0.25) is 9.69 Å². The largest absolute Gasteiger partial charge is 0.497 e. The maximum absolute atomic E-state index is 12.3. The van der Waals surface area contributed by atoms with Gasteiger partial charge in [0, 0.05) is 48.7 Å². The lowest BCUT2D eigenvalue weighted by Gasteiger charge is -2.42. The van der Waals surface area contributed by atoms with Crippen LogP contribution in [0.25, 0.3) is 0 Å². The van der Waals surface area contributed by atoms with Gasteiger partial charge in [-0.2, -0.15) is 0 Å². The summed E-state index contributed by atoms with van der Waals surface area (Å²) in [6.45, 7) is 6.09. The van der Waals surface area contributed by atoms with Gasteiger partial charge in [-0.15, -0.1) is 11.3 Å². The minimum atomic E-state index is 0.110. The molecule has 1 saturated heterocycles. The fourth-order valence-electron chi connectivity index (χ4n) is 4.02. The van der Waals surface area contributed by atoms with Crippen molar-refractivity contribution in [3.05, 3.63) is 46.7 Å². The molecule has 28 heavy (non-hydrogen) atoms. The van der Waals surface area contributed by atoms with Gasteiger partial charge in [-0.05, 0) is 55.5 Å². The Morgan fingerprint density at radius 2 is 1.86 bits per heavy atom. The van der Waals surface area contributed by atoms with Gasteiger partial charge in [-0.1, -0.05) is 6.07 Å². The van der Waals surface area contributed by atoms with Crippen LogP contribution in [0.1, 0.15) is 30.7 Å². The van der Waals surface area contributed by atoms with E-state index in [1.165, 1.54) is 10.6 Å². The number of methoxy groups -OCH3 is 1. The Labute approximate surface area is 171 Å². The lowest BCUT2D eigenvalue weighted by Crippen LogP contribution is -2.52. The van der Waals surface area contributed by atoms with Crippen molar-refractivity contribution in [2.24, 2.45) is 5.92 Å². The van der Waals surface area contributed by atoms with E-state index in [2.05, 4.69) is 51.7 Å². The van der Waals surface area contributed by atoms with Gasteiger partial charge < -0.3 is 15.0 Å². The Hall–Kier alpha value is -2.05. The standard InChI is InChI=1S/C22H29N3O2S/c1-16(23-22(26)17-5-6-17)21(20-4-3-15-28-20)25-13-11-24(12-14-25)18-7-9-19(27-2)10-8-18/h3-4,7-10,15-17,21H,5-6,11-14H2,1-2H3,(H,23,26)/t16-,21+/m1/s1. The summed E-state index contributed by atoms with van der Waals surface area (Å²) in [4.78, 5) is 18.6. The first-order chi connectivity index (χ1) is 13.7. The van der Waals surface area contributed by atoms with Crippen LogP contribution in [-0.4, -0.2) is 50.1 Å². The number of nitrogens with one attached hydrogen (secondary N) is 1. The highest BCUT2D eigenvalue weighted by Gasteiger charge is 2.35. The zero-order valence-electron chi connectivity index (χ0n) is 16.6. The molecule has 2 aromatic rings. The number of benzene rings is 1. The Bertz CT molecular complexity index is 766. The van der Waals surface area contributed by atoms with Gasteiger partial charge in [0.15, 0.2) is 0 Å². The van der Waals surface area contributed by atoms with Gasteiger partial charge in [0.25, 0.3) is 0 Å². The third kappa shape index (κ3) is 4.33. The molecule has 1 saturated carbocycles. The van der Waals surface area contributed by atoms with Crippen LogP contribution < -0.4 is 15.0 Å². The van der Waals surface area contributed by atoms with E-state index in [0.29, 0.717) is 0 Å². The normalized spacial score (nSPS) is 19.9. The molecule has 0 spiro atoms. The number of piperazine rings is 1. The topological polar surface area (TPSA) is 44.8 Å². The Balaban J connectivity index is 1.42. The van der Waals surface area contributed by atoms with E-state index >= 15 is 0 Å². The van der Waals surface area contributed by atoms with Gasteiger partial charge in [0.05, 0.1) is 13.2 Å². The maximum atomic E-state index is 12.3. The van der Waals surface area contributed by atoms with Gasteiger partial charge in [0.1, 0.15) is 5.75 Å². The minimum Gasteiger partial charge on any atom is -0.497 e. The molecule has 6 heteroatoms. The molecule has 1 aromatic carbocycles. The third-order valence-electron chi connectivity index (χ3n) is 5.77. The molecule has 1 aromatic heterocycles. The van der Waals surface area contributed by atoms with E-state index in [0.717, 1.165) is 44.8 Å². The second-order valence-electron chi connectivity index (χ2n) is 7.75. The van der Waals surface area contributed by atoms with Crippen LogP contribution in [0.5, 0.6) is 5.75 Å². The fraction of sp³-hybridized carbons (Fsp3) is 0.500. The predicted molar refractivity (Wildman–Crippen MR) is 114 cm³/mol. The second-order valence-corrected chi connectivity index (χ2v) is 8.73. The molecule has 1 aliphatic carbocycles. The first-order valence-corrected chi connectivity index (χ1v) is 11.0. The second kappa shape index (κ2) is 8.53. The summed E-state index contributed by atoms with van der Waals surface area (Å²) in [5.74, 6) is 1.37. The molecule has 4 rings (SSSR count). The number of carbonyl (C=O) groups is 1. The summed E-state index contributed by atoms with van der Waals surface area (Å²) in [5.41, 5.74) is 1.24. The molecule has 2 fully saturated rings. The summed E-state index contributed by atoms with van der Waals surface area (Å²) in [5, 5.41) is 5.41. The van der Waals surface area contributed by atoms with Crippen LogP contribution in [0.3, 0.4) is 0 Å². The summed E-state index contributed by atoms with van der Waals surface area (Å²) < 4.78 is 5.27. The number of hydrogen-bond donors (Lipinski definition) is 1. The molecule has 0 unspecified atom stereocenters. The highest BCUT2D eigenvalue weighted by Crippen LogP contribution is 2.33. The van der Waals surface area contributed by atoms with E-state index in [4.69, 9.17) is 4.74 Å². The average molecular weight is 400 g/mol. The number of hydrogen-bond acceptors (Lipinski definition) is 5. The van der Waals surface area contributed by atoms with Crippen molar-refractivity contribution >= 4 is 22.9 Å². The zero-order valence-corrected chi connectivity index (χ0v) is 17.5. The number of ether oxygens (including phenoxy) is 1. The van der Waals surface area contributed by atoms with Crippen molar-refractivity contribution in [1.29, 1.82) is 0 Å². The minimum absolute atomic E-state index is 0.110. The number of anilines is 1. The van der Waals surface area contributed by atoms with Crippen molar-refractivity contribution in [2.45, 2.75) is 31.8 Å². The highest BCUT2D eigenvalue weighted by molar-refractivity contribution is 7.10. The van der Waals surface area contributed by atoms with Crippen molar-refractivity contribution in [3.63, 3.8) is 0 Å². The highest BCUT2D eigenvalue weighted by atomic mass is 32.1. The molecule has 1 N–H and O–H groups in total. The molecular formula is C22H29N3O2S. The van der Waals surface area contributed by atoms with Crippen LogP contribution in [0.4, 0.5) is 5.69 Å². The van der Waals surface area contributed by atoms with E-state index < -0.39 is 0 Å². The molecule has 0 radical (unpaired) electrons. The van der Waals surface area contributed by atoms with Crippen molar-refractivity contribution in [1.82, 2.24) is 10.2 Å². The molecule has 1 aliphatic heterocycles. The average Bonchev–Trinajstić information content (AvgIpc) is 3.45. The Morgan fingerprint density at radius 3 is 2.43 bits per heavy atom. The predicted octanol–water partition coefficient (Wildman–Crippen LogP) is 3.53. The fourth-order valence-corrected chi connectivity index (χ4v) is 4.98. The van der Waals surface area contributed by atoms with Crippen LogP contribution in [-0.2, 0) is 4.79 Å². The number of rotatable bonds is 7. The smallest absolute Gasteiger partial charge is 0.223 e. The van der Waals surface area contributed by atoms with E-state index in [1.807, 2.05) is 12.1 Å². The lowest BCUT2D eigenvalue weighted by molar-refractivity contribution is -0.123. The summed E-state index contributed by atoms with van der Waals surface area (Å²) in [6.07, 6.45) is 2.09.